The first-order chi connectivity index (χ1) is 8.58. The monoisotopic (exact) mass is 583 g/mol. The number of halogens is 3. The molecule has 1 aliphatic rings. The number of benzene rings is 1. The van der Waals surface area contributed by atoms with Crippen LogP contribution < -0.4 is 16.2 Å². The molecule has 0 aliphatic carbocycles. The number of hydrazine groups is 1. The number of hydrogen-bond donors (Lipinski definition) is 3. The van der Waals surface area contributed by atoms with Crippen LogP contribution in [0.15, 0.2) is 12.1 Å². The van der Waals surface area contributed by atoms with Crippen LogP contribution in [-0.4, -0.2) is 25.0 Å². The van der Waals surface area contributed by atoms with Crippen LogP contribution in [0.5, 0.6) is 0 Å². The van der Waals surface area contributed by atoms with Crippen molar-refractivity contribution in [1.29, 1.82) is 0 Å². The molecule has 4 nitrogen and oxygen atoms in total. The second-order valence-electron chi connectivity index (χ2n) is 4.02. The summed E-state index contributed by atoms with van der Waals surface area (Å²) in [6.45, 7) is 1.61. The molecule has 1 atom stereocenters. The fraction of sp³-hybridized carbons (Fsp3) is 0.364. The highest BCUT2D eigenvalue weighted by Gasteiger charge is 2.17. The van der Waals surface area contributed by atoms with Gasteiger partial charge in [0, 0.05) is 29.8 Å². The summed E-state index contributed by atoms with van der Waals surface area (Å²) in [7, 11) is 0. The predicted molar refractivity (Wildman–Crippen MR) is 96.5 cm³/mol. The van der Waals surface area contributed by atoms with Crippen LogP contribution in [0.4, 0.5) is 0 Å². The molecular weight excluding hydrogens is 571 g/mol. The molecule has 1 aliphatic heterocycles. The highest BCUT2D eigenvalue weighted by molar-refractivity contribution is 14.1. The minimum Gasteiger partial charge on any atom is -0.350 e. The van der Waals surface area contributed by atoms with Gasteiger partial charge in [0.15, 0.2) is 0 Å². The number of nitrogens with one attached hydrogen (secondary N) is 3. The molecule has 18 heavy (non-hydrogen) atoms. The maximum atomic E-state index is 12.2. The standard InChI is InChI=1S/C11H12I3N3O/c12-6-3-8(10(14)9(13)4-6)11(18)15-5-7-1-2-16-17-7/h3-4,7,16-17H,1-2,5H2,(H,15,18). The fourth-order valence-corrected chi connectivity index (χ4v) is 4.12. The molecule has 3 N–H and O–H groups in total. The molecule has 1 amide bonds. The topological polar surface area (TPSA) is 53.2 Å². The summed E-state index contributed by atoms with van der Waals surface area (Å²) >= 11 is 6.72. The van der Waals surface area contributed by atoms with Gasteiger partial charge in [0.25, 0.3) is 5.91 Å². The first-order valence-corrected chi connectivity index (χ1v) is 8.72. The number of amides is 1. The Morgan fingerprint density at radius 1 is 1.39 bits per heavy atom. The first-order valence-electron chi connectivity index (χ1n) is 5.49. The molecule has 0 radical (unpaired) electrons. The molecule has 0 spiro atoms. The van der Waals surface area contributed by atoms with Crippen molar-refractivity contribution >= 4 is 73.7 Å². The molecule has 7 heteroatoms. The van der Waals surface area contributed by atoms with Crippen molar-refractivity contribution in [3.05, 3.63) is 28.4 Å². The van der Waals surface area contributed by atoms with Gasteiger partial charge in [-0.25, -0.2) is 0 Å². The van der Waals surface area contributed by atoms with Gasteiger partial charge in [-0.15, -0.1) is 0 Å². The third kappa shape index (κ3) is 3.90. The van der Waals surface area contributed by atoms with Crippen molar-refractivity contribution in [2.24, 2.45) is 0 Å². The van der Waals surface area contributed by atoms with Gasteiger partial charge in [0.2, 0.25) is 0 Å². The van der Waals surface area contributed by atoms with Crippen molar-refractivity contribution in [3.8, 4) is 0 Å². The van der Waals surface area contributed by atoms with Gasteiger partial charge < -0.3 is 5.32 Å². The highest BCUT2D eigenvalue weighted by atomic mass is 127. The van der Waals surface area contributed by atoms with Gasteiger partial charge in [0.1, 0.15) is 0 Å². The number of carbonyl (C=O) groups excluding carboxylic acids is 1. The fourth-order valence-electron chi connectivity index (χ4n) is 1.72. The summed E-state index contributed by atoms with van der Waals surface area (Å²) in [4.78, 5) is 12.2. The molecule has 1 aromatic carbocycles. The van der Waals surface area contributed by atoms with E-state index in [0.717, 1.165) is 29.2 Å². The zero-order valence-electron chi connectivity index (χ0n) is 9.40. The van der Waals surface area contributed by atoms with Crippen molar-refractivity contribution in [1.82, 2.24) is 16.2 Å². The van der Waals surface area contributed by atoms with E-state index in [1.54, 1.807) is 0 Å². The van der Waals surface area contributed by atoms with Crippen LogP contribution in [0, 0.1) is 10.7 Å². The Balaban J connectivity index is 2.04. The Morgan fingerprint density at radius 3 is 2.83 bits per heavy atom. The molecule has 1 aromatic rings. The van der Waals surface area contributed by atoms with Crippen molar-refractivity contribution < 1.29 is 4.79 Å². The summed E-state index contributed by atoms with van der Waals surface area (Å²) in [5.41, 5.74) is 6.95. The molecule has 98 valence electrons. The maximum Gasteiger partial charge on any atom is 0.252 e. The van der Waals surface area contributed by atoms with Crippen molar-refractivity contribution in [3.63, 3.8) is 0 Å². The first kappa shape index (κ1) is 15.2. The Labute approximate surface area is 147 Å². The third-order valence-electron chi connectivity index (χ3n) is 2.67. The summed E-state index contributed by atoms with van der Waals surface area (Å²) < 4.78 is 3.22. The summed E-state index contributed by atoms with van der Waals surface area (Å²) in [6, 6.07) is 4.33. The van der Waals surface area contributed by atoms with Crippen molar-refractivity contribution in [2.45, 2.75) is 12.5 Å². The predicted octanol–water partition coefficient (Wildman–Crippen LogP) is 2.10. The summed E-state index contributed by atoms with van der Waals surface area (Å²) in [5, 5.41) is 2.98. The smallest absolute Gasteiger partial charge is 0.252 e. The molecular formula is C11H12I3N3O. The molecule has 0 saturated carbocycles. The Hall–Kier alpha value is 0.800. The van der Waals surface area contributed by atoms with Crippen LogP contribution in [0.3, 0.4) is 0 Å². The van der Waals surface area contributed by atoms with Crippen LogP contribution in [0.1, 0.15) is 16.8 Å². The minimum atomic E-state index is 0.00420. The zero-order valence-corrected chi connectivity index (χ0v) is 15.9. The summed E-state index contributed by atoms with van der Waals surface area (Å²) in [6.07, 6.45) is 1.04. The largest absolute Gasteiger partial charge is 0.350 e. The Morgan fingerprint density at radius 2 is 2.17 bits per heavy atom. The quantitative estimate of drug-likeness (QED) is 0.378. The lowest BCUT2D eigenvalue weighted by Crippen LogP contribution is -2.40. The minimum absolute atomic E-state index is 0.00420. The van der Waals surface area contributed by atoms with Crippen LogP contribution in [0.2, 0.25) is 0 Å². The molecule has 0 aromatic heterocycles. The van der Waals surface area contributed by atoms with E-state index in [-0.39, 0.29) is 5.91 Å². The lowest BCUT2D eigenvalue weighted by atomic mass is 10.2. The lowest BCUT2D eigenvalue weighted by molar-refractivity contribution is 0.0949. The van der Waals surface area contributed by atoms with E-state index in [1.807, 2.05) is 6.07 Å². The molecule has 0 bridgehead atoms. The van der Waals surface area contributed by atoms with E-state index >= 15 is 0 Å². The molecule has 1 unspecified atom stereocenters. The van der Waals surface area contributed by atoms with Gasteiger partial charge in [0.05, 0.1) is 5.56 Å². The van der Waals surface area contributed by atoms with E-state index in [2.05, 4.69) is 90.0 Å². The van der Waals surface area contributed by atoms with Crippen molar-refractivity contribution in [2.75, 3.05) is 13.1 Å². The van der Waals surface area contributed by atoms with E-state index in [9.17, 15) is 4.79 Å². The number of carbonyl (C=O) groups is 1. The van der Waals surface area contributed by atoms with Crippen LogP contribution in [-0.2, 0) is 0 Å². The highest BCUT2D eigenvalue weighted by Crippen LogP contribution is 2.22. The van der Waals surface area contributed by atoms with E-state index < -0.39 is 0 Å². The average Bonchev–Trinajstić information content (AvgIpc) is 2.83. The van der Waals surface area contributed by atoms with Gasteiger partial charge in [-0.3, -0.25) is 15.6 Å². The second kappa shape index (κ2) is 6.99. The molecule has 1 fully saturated rings. The SMILES string of the molecule is O=C(NCC1CCNN1)c1cc(I)cc(I)c1I. The second-order valence-corrected chi connectivity index (χ2v) is 7.50. The molecule has 2 rings (SSSR count). The van der Waals surface area contributed by atoms with Crippen LogP contribution in [0.25, 0.3) is 0 Å². The average molecular weight is 583 g/mol. The van der Waals surface area contributed by atoms with E-state index in [1.165, 1.54) is 0 Å². The molecule has 1 heterocycles. The number of hydrogen-bond acceptors (Lipinski definition) is 3. The normalized spacial score (nSPS) is 18.9. The van der Waals surface area contributed by atoms with Gasteiger partial charge in [-0.1, -0.05) is 0 Å². The Bertz CT molecular complexity index is 461. The van der Waals surface area contributed by atoms with Gasteiger partial charge in [-0.2, -0.15) is 0 Å². The van der Waals surface area contributed by atoms with Gasteiger partial charge in [-0.05, 0) is 86.3 Å². The maximum absolute atomic E-state index is 12.2. The third-order valence-corrected chi connectivity index (χ3v) is 6.34. The van der Waals surface area contributed by atoms with E-state index in [4.69, 9.17) is 0 Å². The summed E-state index contributed by atoms with van der Waals surface area (Å²) in [5.74, 6) is 0.00420. The van der Waals surface area contributed by atoms with Crippen LogP contribution >= 0.6 is 67.8 Å². The lowest BCUT2D eigenvalue weighted by Gasteiger charge is -2.12. The number of rotatable bonds is 3. The Kier molecular flexibility index (Phi) is 5.90. The molecule has 1 saturated heterocycles. The van der Waals surface area contributed by atoms with E-state index in [0.29, 0.717) is 12.6 Å². The zero-order chi connectivity index (χ0) is 13.1. The van der Waals surface area contributed by atoms with Gasteiger partial charge >= 0.3 is 0 Å².